The van der Waals surface area contributed by atoms with Gasteiger partial charge in [0.25, 0.3) is 0 Å². The van der Waals surface area contributed by atoms with Gasteiger partial charge in [-0.15, -0.1) is 5.06 Å². The van der Waals surface area contributed by atoms with Gasteiger partial charge in [-0.05, 0) is 60.0 Å². The normalized spacial score (nSPS) is 11.2. The van der Waals surface area contributed by atoms with Crippen LogP contribution in [0.5, 0.6) is 23.0 Å². The summed E-state index contributed by atoms with van der Waals surface area (Å²) in [5.74, 6) is 2.28. The molecule has 0 aliphatic rings. The molecule has 0 unspecified atom stereocenters. The maximum absolute atomic E-state index is 12.6. The van der Waals surface area contributed by atoms with Crippen molar-refractivity contribution in [1.82, 2.24) is 5.06 Å². The smallest absolute Gasteiger partial charge is 0.338 e. The van der Waals surface area contributed by atoms with Gasteiger partial charge < -0.3 is 28.5 Å². The molecule has 0 aromatic heterocycles. The number of para-hydroxylation sites is 1. The zero-order valence-corrected chi connectivity index (χ0v) is 22.3. The second-order valence-corrected chi connectivity index (χ2v) is 8.25. The molecule has 3 aromatic carbocycles. The summed E-state index contributed by atoms with van der Waals surface area (Å²) in [7, 11) is 6.18. The van der Waals surface area contributed by atoms with Gasteiger partial charge in [0.05, 0.1) is 46.7 Å². The summed E-state index contributed by atoms with van der Waals surface area (Å²) in [6.07, 6.45) is 2.50. The molecule has 3 aromatic rings. The molecule has 0 spiro atoms. The van der Waals surface area contributed by atoms with Gasteiger partial charge in [0.1, 0.15) is 23.0 Å². The molecule has 0 radical (unpaired) electrons. The third-order valence-corrected chi connectivity index (χ3v) is 5.60. The van der Waals surface area contributed by atoms with E-state index in [0.29, 0.717) is 54.7 Å². The molecule has 0 bridgehead atoms. The Balaban J connectivity index is 1.62. The zero-order chi connectivity index (χ0) is 27.2. The molecule has 0 aliphatic carbocycles. The maximum atomic E-state index is 12.6. The number of esters is 1. The lowest BCUT2D eigenvalue weighted by Crippen LogP contribution is -2.32. The maximum Gasteiger partial charge on any atom is 0.338 e. The van der Waals surface area contributed by atoms with Gasteiger partial charge in [-0.25, -0.2) is 4.79 Å². The van der Waals surface area contributed by atoms with Crippen molar-refractivity contribution < 1.29 is 33.3 Å². The van der Waals surface area contributed by atoms with Crippen LogP contribution in [0.25, 0.3) is 11.6 Å². The van der Waals surface area contributed by atoms with Crippen molar-refractivity contribution in [2.24, 2.45) is 0 Å². The summed E-state index contributed by atoms with van der Waals surface area (Å²) in [5, 5.41) is 1.87. The Morgan fingerprint density at radius 3 is 2.05 bits per heavy atom. The number of carbonyl (C=O) groups is 1. The average Bonchev–Trinajstić information content (AvgIpc) is 2.97. The summed E-state index contributed by atoms with van der Waals surface area (Å²) in [4.78, 5) is 18.5. The number of hydrogen-bond donors (Lipinski definition) is 0. The zero-order valence-electron chi connectivity index (χ0n) is 22.3. The first kappa shape index (κ1) is 28.6. The lowest BCUT2D eigenvalue weighted by Gasteiger charge is -2.22. The van der Waals surface area contributed by atoms with Crippen molar-refractivity contribution in [3.05, 3.63) is 83.9 Å². The number of hydrogen-bond acceptors (Lipinski definition) is 8. The van der Waals surface area contributed by atoms with Crippen LogP contribution in [0, 0.1) is 0 Å². The number of nitrogens with zero attached hydrogens (tertiary/aromatic N) is 1. The molecule has 0 N–H and O–H groups in total. The molecule has 0 fully saturated rings. The molecule has 3 rings (SSSR count). The van der Waals surface area contributed by atoms with Crippen LogP contribution in [0.4, 0.5) is 0 Å². The number of ether oxygens (including phenoxy) is 5. The highest BCUT2D eigenvalue weighted by atomic mass is 16.7. The van der Waals surface area contributed by atoms with Crippen LogP contribution >= 0.6 is 0 Å². The van der Waals surface area contributed by atoms with E-state index in [-0.39, 0.29) is 0 Å². The first-order chi connectivity index (χ1) is 18.6. The Bertz CT molecular complexity index is 1140. The molecule has 0 atom stereocenters. The van der Waals surface area contributed by atoms with Crippen molar-refractivity contribution in [1.29, 1.82) is 0 Å². The van der Waals surface area contributed by atoms with Gasteiger partial charge in [-0.2, -0.15) is 0 Å². The standard InChI is InChI=1S/C30H35NO7/c1-33-18-16-31(38-26-9-6-5-7-10-26)15-8-17-37-25-13-11-24(12-14-25)29(30(32)36-4)21-23-19-27(34-2)22-28(20-23)35-3/h5-7,9-14,19-22H,8,15-18H2,1-4H3/b29-21+. The second-order valence-electron chi connectivity index (χ2n) is 8.25. The van der Waals surface area contributed by atoms with E-state index in [1.54, 1.807) is 33.5 Å². The van der Waals surface area contributed by atoms with Crippen molar-refractivity contribution in [2.45, 2.75) is 6.42 Å². The van der Waals surface area contributed by atoms with Crippen LogP contribution in [-0.2, 0) is 14.3 Å². The monoisotopic (exact) mass is 521 g/mol. The Hall–Kier alpha value is -4.01. The van der Waals surface area contributed by atoms with E-state index in [0.717, 1.165) is 17.7 Å². The van der Waals surface area contributed by atoms with Gasteiger partial charge in [0, 0.05) is 19.7 Å². The van der Waals surface area contributed by atoms with E-state index in [9.17, 15) is 4.79 Å². The molecule has 38 heavy (non-hydrogen) atoms. The first-order valence-electron chi connectivity index (χ1n) is 12.3. The van der Waals surface area contributed by atoms with Gasteiger partial charge in [-0.3, -0.25) is 0 Å². The molecule has 8 heteroatoms. The molecule has 0 saturated carbocycles. The summed E-state index contributed by atoms with van der Waals surface area (Å²) in [6.45, 7) is 2.38. The molecule has 0 amide bonds. The van der Waals surface area contributed by atoms with Crippen molar-refractivity contribution in [3.63, 3.8) is 0 Å². The van der Waals surface area contributed by atoms with Crippen LogP contribution in [-0.4, -0.2) is 65.8 Å². The van der Waals surface area contributed by atoms with E-state index in [1.807, 2.05) is 71.8 Å². The molecular formula is C30H35NO7. The number of carbonyl (C=O) groups excluding carboxylic acids is 1. The summed E-state index contributed by atoms with van der Waals surface area (Å²) in [5.41, 5.74) is 1.85. The third-order valence-electron chi connectivity index (χ3n) is 5.60. The van der Waals surface area contributed by atoms with E-state index >= 15 is 0 Å². The fourth-order valence-electron chi connectivity index (χ4n) is 3.64. The fraction of sp³-hybridized carbons (Fsp3) is 0.300. The van der Waals surface area contributed by atoms with Crippen LogP contribution in [0.15, 0.2) is 72.8 Å². The summed E-state index contributed by atoms with van der Waals surface area (Å²) < 4.78 is 26.8. The van der Waals surface area contributed by atoms with Crippen molar-refractivity contribution in [2.75, 3.05) is 54.7 Å². The first-order valence-corrected chi connectivity index (χ1v) is 12.3. The van der Waals surface area contributed by atoms with E-state index in [4.69, 9.17) is 28.5 Å². The topological polar surface area (TPSA) is 75.7 Å². The van der Waals surface area contributed by atoms with Crippen LogP contribution in [0.2, 0.25) is 0 Å². The summed E-state index contributed by atoms with van der Waals surface area (Å²) >= 11 is 0. The molecule has 0 saturated heterocycles. The number of methoxy groups -OCH3 is 4. The van der Waals surface area contributed by atoms with Crippen LogP contribution in [0.3, 0.4) is 0 Å². The predicted octanol–water partition coefficient (Wildman–Crippen LogP) is 5.13. The Morgan fingerprint density at radius 2 is 1.45 bits per heavy atom. The predicted molar refractivity (Wildman–Crippen MR) is 147 cm³/mol. The Morgan fingerprint density at radius 1 is 0.763 bits per heavy atom. The number of rotatable bonds is 15. The van der Waals surface area contributed by atoms with Crippen molar-refractivity contribution in [3.8, 4) is 23.0 Å². The lowest BCUT2D eigenvalue weighted by atomic mass is 10.0. The Kier molecular flexibility index (Phi) is 11.5. The largest absolute Gasteiger partial charge is 0.497 e. The minimum Gasteiger partial charge on any atom is -0.497 e. The highest BCUT2D eigenvalue weighted by Gasteiger charge is 2.14. The molecule has 0 heterocycles. The van der Waals surface area contributed by atoms with E-state index in [2.05, 4.69) is 0 Å². The quantitative estimate of drug-likeness (QED) is 0.0896. The van der Waals surface area contributed by atoms with Gasteiger partial charge in [0.2, 0.25) is 0 Å². The number of hydroxylamine groups is 2. The van der Waals surface area contributed by atoms with Crippen molar-refractivity contribution >= 4 is 17.6 Å². The SMILES string of the molecule is COCCN(CCCOc1ccc(/C(=C\c2cc(OC)cc(OC)c2)C(=O)OC)cc1)Oc1ccccc1. The van der Waals surface area contributed by atoms with Gasteiger partial charge >= 0.3 is 5.97 Å². The number of benzene rings is 3. The van der Waals surface area contributed by atoms with Crippen LogP contribution < -0.4 is 19.0 Å². The minimum atomic E-state index is -0.449. The van der Waals surface area contributed by atoms with E-state index < -0.39 is 5.97 Å². The van der Waals surface area contributed by atoms with E-state index in [1.165, 1.54) is 7.11 Å². The highest BCUT2D eigenvalue weighted by Crippen LogP contribution is 2.27. The van der Waals surface area contributed by atoms with Gasteiger partial charge in [-0.1, -0.05) is 30.3 Å². The Labute approximate surface area is 224 Å². The summed E-state index contributed by atoms with van der Waals surface area (Å²) in [6, 6.07) is 22.4. The van der Waals surface area contributed by atoms with Gasteiger partial charge in [0.15, 0.2) is 0 Å². The molecule has 0 aliphatic heterocycles. The third kappa shape index (κ3) is 8.83. The second kappa shape index (κ2) is 15.3. The molecular weight excluding hydrogens is 486 g/mol. The molecule has 202 valence electrons. The molecule has 8 nitrogen and oxygen atoms in total. The van der Waals surface area contributed by atoms with Crippen LogP contribution in [0.1, 0.15) is 17.5 Å². The fourth-order valence-corrected chi connectivity index (χ4v) is 3.64. The average molecular weight is 522 g/mol. The minimum absolute atomic E-state index is 0.404. The lowest BCUT2D eigenvalue weighted by molar-refractivity contribution is -0.133. The highest BCUT2D eigenvalue weighted by molar-refractivity contribution is 6.21.